The van der Waals surface area contributed by atoms with Crippen molar-refractivity contribution >= 4 is 11.5 Å². The largest absolute Gasteiger partial charge is 0.374 e. The number of ether oxygens (including phenoxy) is 1. The molecule has 0 aromatic carbocycles. The molecule has 1 aliphatic heterocycles. The average molecular weight is 252 g/mol. The first-order valence-corrected chi connectivity index (χ1v) is 5.84. The lowest BCUT2D eigenvalue weighted by atomic mass is 10.2. The highest BCUT2D eigenvalue weighted by Gasteiger charge is 2.20. The predicted octanol–water partition coefficient (Wildman–Crippen LogP) is 0.699. The summed E-state index contributed by atoms with van der Waals surface area (Å²) < 4.78 is 5.51. The van der Waals surface area contributed by atoms with Crippen LogP contribution in [0.1, 0.15) is 5.56 Å². The second-order valence-corrected chi connectivity index (χ2v) is 4.16. The Hall–Kier alpha value is -1.73. The van der Waals surface area contributed by atoms with Crippen LogP contribution in [0.15, 0.2) is 12.3 Å². The third kappa shape index (κ3) is 2.93. The Balaban J connectivity index is 2.04. The van der Waals surface area contributed by atoms with Crippen LogP contribution in [0.5, 0.6) is 0 Å². The van der Waals surface area contributed by atoms with Gasteiger partial charge in [-0.3, -0.25) is 10.1 Å². The van der Waals surface area contributed by atoms with E-state index in [-0.39, 0.29) is 11.8 Å². The quantitative estimate of drug-likeness (QED) is 0.605. The molecule has 18 heavy (non-hydrogen) atoms. The van der Waals surface area contributed by atoms with E-state index in [0.29, 0.717) is 24.5 Å². The van der Waals surface area contributed by atoms with Crippen LogP contribution >= 0.6 is 0 Å². The molecule has 0 aliphatic carbocycles. The van der Waals surface area contributed by atoms with Gasteiger partial charge in [-0.1, -0.05) is 0 Å². The number of nitro groups is 1. The highest BCUT2D eigenvalue weighted by Crippen LogP contribution is 2.25. The van der Waals surface area contributed by atoms with Gasteiger partial charge >= 0.3 is 5.69 Å². The Labute approximate surface area is 105 Å². The zero-order valence-electron chi connectivity index (χ0n) is 10.2. The summed E-state index contributed by atoms with van der Waals surface area (Å²) >= 11 is 0. The van der Waals surface area contributed by atoms with Gasteiger partial charge in [-0.05, 0) is 13.0 Å². The Morgan fingerprint density at radius 2 is 2.56 bits per heavy atom. The Kier molecular flexibility index (Phi) is 4.06. The first-order chi connectivity index (χ1) is 8.68. The summed E-state index contributed by atoms with van der Waals surface area (Å²) in [5.74, 6) is 0.300. The zero-order chi connectivity index (χ0) is 13.0. The van der Waals surface area contributed by atoms with Gasteiger partial charge in [-0.25, -0.2) is 4.98 Å². The van der Waals surface area contributed by atoms with Gasteiger partial charge in [0.25, 0.3) is 0 Å². The Bertz CT molecular complexity index is 432. The molecule has 0 saturated carbocycles. The summed E-state index contributed by atoms with van der Waals surface area (Å²) in [6.07, 6.45) is 1.57. The van der Waals surface area contributed by atoms with Gasteiger partial charge in [0.1, 0.15) is 0 Å². The molecule has 0 bridgehead atoms. The first kappa shape index (κ1) is 12.7. The van der Waals surface area contributed by atoms with Crippen molar-refractivity contribution in [1.29, 1.82) is 0 Å². The van der Waals surface area contributed by atoms with Crippen molar-refractivity contribution in [2.45, 2.75) is 13.0 Å². The van der Waals surface area contributed by atoms with Crippen LogP contribution in [0, 0.1) is 17.0 Å². The summed E-state index contributed by atoms with van der Waals surface area (Å²) in [4.78, 5) is 14.6. The van der Waals surface area contributed by atoms with Gasteiger partial charge in [-0.15, -0.1) is 0 Å². The van der Waals surface area contributed by atoms with Crippen LogP contribution < -0.4 is 10.6 Å². The molecule has 2 N–H and O–H groups in total. The molecule has 1 saturated heterocycles. The number of pyridine rings is 1. The van der Waals surface area contributed by atoms with E-state index in [4.69, 9.17) is 4.74 Å². The highest BCUT2D eigenvalue weighted by atomic mass is 16.6. The molecule has 1 aliphatic rings. The minimum absolute atomic E-state index is 0.0145. The molecule has 1 unspecified atom stereocenters. The van der Waals surface area contributed by atoms with E-state index in [1.807, 2.05) is 0 Å². The van der Waals surface area contributed by atoms with E-state index in [1.165, 1.54) is 0 Å². The van der Waals surface area contributed by atoms with Crippen LogP contribution in [-0.2, 0) is 4.74 Å². The SMILES string of the molecule is Cc1ccnc(NCC2CNCCO2)c1[N+](=O)[O-]. The van der Waals surface area contributed by atoms with Crippen LogP contribution in [0.3, 0.4) is 0 Å². The molecule has 2 rings (SSSR count). The molecule has 1 atom stereocenters. The molecular formula is C11H16N4O3. The van der Waals surface area contributed by atoms with Crippen molar-refractivity contribution in [3.63, 3.8) is 0 Å². The summed E-state index contributed by atoms with van der Waals surface area (Å²) in [7, 11) is 0. The highest BCUT2D eigenvalue weighted by molar-refractivity contribution is 5.59. The second kappa shape index (κ2) is 5.74. The number of morpholine rings is 1. The lowest BCUT2D eigenvalue weighted by molar-refractivity contribution is -0.384. The lowest BCUT2D eigenvalue weighted by Crippen LogP contribution is -2.42. The summed E-state index contributed by atoms with van der Waals surface area (Å²) in [5, 5.41) is 17.2. The van der Waals surface area contributed by atoms with Crippen LogP contribution in [0.4, 0.5) is 11.5 Å². The van der Waals surface area contributed by atoms with Gasteiger partial charge in [0.15, 0.2) is 0 Å². The molecule has 1 fully saturated rings. The fraction of sp³-hybridized carbons (Fsp3) is 0.545. The number of aromatic nitrogens is 1. The number of anilines is 1. The van der Waals surface area contributed by atoms with Crippen LogP contribution in [0.2, 0.25) is 0 Å². The fourth-order valence-corrected chi connectivity index (χ4v) is 1.87. The molecular weight excluding hydrogens is 236 g/mol. The topological polar surface area (TPSA) is 89.3 Å². The third-order valence-electron chi connectivity index (χ3n) is 2.81. The van der Waals surface area contributed by atoms with Crippen molar-refractivity contribution in [1.82, 2.24) is 10.3 Å². The molecule has 2 heterocycles. The van der Waals surface area contributed by atoms with Crippen molar-refractivity contribution in [3.05, 3.63) is 27.9 Å². The average Bonchev–Trinajstić information content (AvgIpc) is 2.37. The van der Waals surface area contributed by atoms with Crippen LogP contribution in [-0.4, -0.2) is 42.3 Å². The number of nitrogens with zero attached hydrogens (tertiary/aromatic N) is 2. The van der Waals surface area contributed by atoms with Crippen molar-refractivity contribution in [3.8, 4) is 0 Å². The number of aryl methyl sites for hydroxylation is 1. The molecule has 7 nitrogen and oxygen atoms in total. The van der Waals surface area contributed by atoms with Gasteiger partial charge in [0, 0.05) is 31.4 Å². The zero-order valence-corrected chi connectivity index (χ0v) is 10.2. The summed E-state index contributed by atoms with van der Waals surface area (Å²) in [6, 6.07) is 1.63. The number of hydrogen-bond donors (Lipinski definition) is 2. The van der Waals surface area contributed by atoms with E-state index in [1.54, 1.807) is 19.2 Å². The molecule has 1 aromatic heterocycles. The monoisotopic (exact) mass is 252 g/mol. The first-order valence-electron chi connectivity index (χ1n) is 5.84. The molecule has 0 amide bonds. The van der Waals surface area contributed by atoms with Crippen molar-refractivity contribution in [2.24, 2.45) is 0 Å². The number of rotatable bonds is 4. The predicted molar refractivity (Wildman–Crippen MR) is 66.7 cm³/mol. The summed E-state index contributed by atoms with van der Waals surface area (Å²) in [5.41, 5.74) is 0.626. The fourth-order valence-electron chi connectivity index (χ4n) is 1.87. The second-order valence-electron chi connectivity index (χ2n) is 4.16. The van der Waals surface area contributed by atoms with Crippen molar-refractivity contribution in [2.75, 3.05) is 31.6 Å². The summed E-state index contributed by atoms with van der Waals surface area (Å²) in [6.45, 7) is 4.45. The molecule has 1 aromatic rings. The van der Waals surface area contributed by atoms with Gasteiger partial charge in [0.2, 0.25) is 5.82 Å². The maximum absolute atomic E-state index is 11.0. The maximum atomic E-state index is 11.0. The third-order valence-corrected chi connectivity index (χ3v) is 2.81. The molecule has 98 valence electrons. The smallest absolute Gasteiger partial charge is 0.314 e. The number of hydrogen-bond acceptors (Lipinski definition) is 6. The lowest BCUT2D eigenvalue weighted by Gasteiger charge is -2.23. The van der Waals surface area contributed by atoms with Crippen LogP contribution in [0.25, 0.3) is 0 Å². The van der Waals surface area contributed by atoms with E-state index >= 15 is 0 Å². The minimum atomic E-state index is -0.412. The molecule has 0 spiro atoms. The Morgan fingerprint density at radius 3 is 3.22 bits per heavy atom. The number of nitrogens with one attached hydrogen (secondary N) is 2. The van der Waals surface area contributed by atoms with E-state index < -0.39 is 4.92 Å². The van der Waals surface area contributed by atoms with E-state index in [2.05, 4.69) is 15.6 Å². The van der Waals surface area contributed by atoms with Gasteiger partial charge < -0.3 is 15.4 Å². The molecule has 0 radical (unpaired) electrons. The molecule has 7 heteroatoms. The normalized spacial score (nSPS) is 19.5. The van der Waals surface area contributed by atoms with Gasteiger partial charge in [-0.2, -0.15) is 0 Å². The minimum Gasteiger partial charge on any atom is -0.374 e. The van der Waals surface area contributed by atoms with Gasteiger partial charge in [0.05, 0.1) is 17.6 Å². The Morgan fingerprint density at radius 1 is 1.72 bits per heavy atom. The standard InChI is InChI=1S/C11H16N4O3/c1-8-2-3-13-11(10(8)15(16)17)14-7-9-6-12-4-5-18-9/h2-3,9,12H,4-7H2,1H3,(H,13,14). The van der Waals surface area contributed by atoms with Crippen molar-refractivity contribution < 1.29 is 9.66 Å². The van der Waals surface area contributed by atoms with E-state index in [9.17, 15) is 10.1 Å². The maximum Gasteiger partial charge on any atom is 0.314 e. The van der Waals surface area contributed by atoms with E-state index in [0.717, 1.165) is 13.1 Å².